The Kier molecular flexibility index (Phi) is 5.22. The van der Waals surface area contributed by atoms with Gasteiger partial charge in [-0.05, 0) is 25.7 Å². The van der Waals surface area contributed by atoms with Crippen molar-refractivity contribution in [3.05, 3.63) is 0 Å². The molecule has 7 nitrogen and oxygen atoms in total. The molecule has 20 heavy (non-hydrogen) atoms. The maximum absolute atomic E-state index is 12.0. The molecule has 2 rings (SSSR count). The maximum Gasteiger partial charge on any atom is 0.317 e. The van der Waals surface area contributed by atoms with Gasteiger partial charge in [0, 0.05) is 32.3 Å². The summed E-state index contributed by atoms with van der Waals surface area (Å²) in [6, 6.07) is -0.148. The largest absolute Gasteiger partial charge is 0.376 e. The van der Waals surface area contributed by atoms with Crippen molar-refractivity contribution < 1.29 is 17.9 Å². The predicted molar refractivity (Wildman–Crippen MR) is 74.9 cm³/mol. The third-order valence-electron chi connectivity index (χ3n) is 3.67. The molecule has 2 heterocycles. The fourth-order valence-corrected chi connectivity index (χ4v) is 3.46. The minimum Gasteiger partial charge on any atom is -0.376 e. The molecule has 0 aromatic heterocycles. The molecule has 8 heteroatoms. The third kappa shape index (κ3) is 4.92. The van der Waals surface area contributed by atoms with Crippen LogP contribution in [0.1, 0.15) is 25.7 Å². The minimum absolute atomic E-state index is 0.0628. The highest BCUT2D eigenvalue weighted by atomic mass is 32.2. The van der Waals surface area contributed by atoms with E-state index in [1.165, 1.54) is 0 Å². The van der Waals surface area contributed by atoms with E-state index < -0.39 is 10.0 Å². The van der Waals surface area contributed by atoms with Crippen molar-refractivity contribution in [2.75, 3.05) is 32.5 Å². The Balaban J connectivity index is 1.68. The molecule has 0 saturated carbocycles. The number of nitrogens with one attached hydrogen (secondary N) is 2. The predicted octanol–water partition coefficient (Wildman–Crippen LogP) is -0.111. The lowest BCUT2D eigenvalue weighted by Crippen LogP contribution is -2.50. The van der Waals surface area contributed by atoms with Gasteiger partial charge in [0.15, 0.2) is 0 Å². The molecule has 1 atom stereocenters. The first-order chi connectivity index (χ1) is 9.44. The highest BCUT2D eigenvalue weighted by Gasteiger charge is 2.25. The Labute approximate surface area is 120 Å². The van der Waals surface area contributed by atoms with Crippen LogP contribution in [0.3, 0.4) is 0 Å². The van der Waals surface area contributed by atoms with Crippen LogP contribution in [0.2, 0.25) is 0 Å². The van der Waals surface area contributed by atoms with Crippen LogP contribution < -0.4 is 10.0 Å². The minimum atomic E-state index is -3.17. The van der Waals surface area contributed by atoms with Gasteiger partial charge in [0.1, 0.15) is 0 Å². The van der Waals surface area contributed by atoms with E-state index in [1.807, 2.05) is 0 Å². The molecule has 2 aliphatic rings. The van der Waals surface area contributed by atoms with Crippen LogP contribution in [0.25, 0.3) is 0 Å². The fourth-order valence-electron chi connectivity index (χ4n) is 2.62. The number of carbonyl (C=O) groups excluding carboxylic acids is 1. The number of hydrogen-bond acceptors (Lipinski definition) is 4. The number of sulfonamides is 1. The van der Waals surface area contributed by atoms with E-state index >= 15 is 0 Å². The van der Waals surface area contributed by atoms with Gasteiger partial charge in [-0.15, -0.1) is 0 Å². The number of nitrogens with zero attached hydrogens (tertiary/aromatic N) is 1. The van der Waals surface area contributed by atoms with Crippen molar-refractivity contribution in [2.24, 2.45) is 0 Å². The van der Waals surface area contributed by atoms with Gasteiger partial charge in [-0.2, -0.15) is 0 Å². The average Bonchev–Trinajstić information content (AvgIpc) is 2.88. The van der Waals surface area contributed by atoms with Gasteiger partial charge >= 0.3 is 6.03 Å². The van der Waals surface area contributed by atoms with Crippen molar-refractivity contribution in [2.45, 2.75) is 37.8 Å². The van der Waals surface area contributed by atoms with E-state index in [4.69, 9.17) is 4.74 Å². The van der Waals surface area contributed by atoms with Crippen molar-refractivity contribution in [3.63, 3.8) is 0 Å². The van der Waals surface area contributed by atoms with Crippen LogP contribution in [0.15, 0.2) is 0 Å². The molecule has 0 aliphatic carbocycles. The molecular weight excluding hydrogens is 282 g/mol. The topological polar surface area (TPSA) is 87.7 Å². The van der Waals surface area contributed by atoms with Crippen LogP contribution in [-0.4, -0.2) is 64.0 Å². The normalized spacial score (nSPS) is 24.9. The molecule has 0 bridgehead atoms. The van der Waals surface area contributed by atoms with E-state index in [9.17, 15) is 13.2 Å². The van der Waals surface area contributed by atoms with E-state index in [-0.39, 0.29) is 18.2 Å². The number of likely N-dealkylation sites (tertiary alicyclic amines) is 1. The van der Waals surface area contributed by atoms with E-state index in [1.54, 1.807) is 4.90 Å². The quantitative estimate of drug-likeness (QED) is 0.758. The second-order valence-electron chi connectivity index (χ2n) is 5.47. The summed E-state index contributed by atoms with van der Waals surface area (Å²) in [5, 5.41) is 2.88. The fraction of sp³-hybridized carbons (Fsp3) is 0.917. The number of amides is 2. The Morgan fingerprint density at radius 2 is 2.00 bits per heavy atom. The molecule has 0 aromatic carbocycles. The number of ether oxygens (including phenoxy) is 1. The molecule has 2 fully saturated rings. The smallest absolute Gasteiger partial charge is 0.317 e. The molecular formula is C12H23N3O4S. The third-order valence-corrected chi connectivity index (χ3v) is 4.43. The second kappa shape index (κ2) is 6.73. The van der Waals surface area contributed by atoms with Crippen LogP contribution in [-0.2, 0) is 14.8 Å². The first-order valence-electron chi connectivity index (χ1n) is 7.06. The SMILES string of the molecule is CS(=O)(=O)NC1CCN(C(=O)NC[C@H]2CCCO2)CC1. The number of piperidine rings is 1. The summed E-state index contributed by atoms with van der Waals surface area (Å²) in [7, 11) is -3.17. The Hall–Kier alpha value is -0.860. The summed E-state index contributed by atoms with van der Waals surface area (Å²) >= 11 is 0. The Morgan fingerprint density at radius 1 is 1.30 bits per heavy atom. The zero-order valence-electron chi connectivity index (χ0n) is 11.8. The Morgan fingerprint density at radius 3 is 2.55 bits per heavy atom. The summed E-state index contributed by atoms with van der Waals surface area (Å²) in [4.78, 5) is 13.7. The molecule has 2 N–H and O–H groups in total. The molecule has 0 unspecified atom stereocenters. The van der Waals surface area contributed by atoms with Gasteiger partial charge in [0.2, 0.25) is 10.0 Å². The van der Waals surface area contributed by atoms with Gasteiger partial charge in [0.05, 0.1) is 12.4 Å². The van der Waals surface area contributed by atoms with Crippen molar-refractivity contribution in [1.82, 2.24) is 14.9 Å². The van der Waals surface area contributed by atoms with Crippen molar-refractivity contribution >= 4 is 16.1 Å². The molecule has 0 spiro atoms. The summed E-state index contributed by atoms with van der Waals surface area (Å²) < 4.78 is 30.3. The van der Waals surface area contributed by atoms with Crippen LogP contribution in [0.5, 0.6) is 0 Å². The monoisotopic (exact) mass is 305 g/mol. The van der Waals surface area contributed by atoms with E-state index in [0.29, 0.717) is 32.5 Å². The van der Waals surface area contributed by atoms with Gasteiger partial charge in [0.25, 0.3) is 0 Å². The first-order valence-corrected chi connectivity index (χ1v) is 8.95. The molecule has 0 radical (unpaired) electrons. The van der Waals surface area contributed by atoms with Gasteiger partial charge in [-0.1, -0.05) is 0 Å². The number of hydrogen-bond donors (Lipinski definition) is 2. The van der Waals surface area contributed by atoms with E-state index in [0.717, 1.165) is 25.7 Å². The van der Waals surface area contributed by atoms with Crippen LogP contribution in [0.4, 0.5) is 4.79 Å². The van der Waals surface area contributed by atoms with Gasteiger partial charge in [-0.25, -0.2) is 17.9 Å². The lowest BCUT2D eigenvalue weighted by molar-refractivity contribution is 0.108. The summed E-state index contributed by atoms with van der Waals surface area (Å²) in [5.74, 6) is 0. The summed E-state index contributed by atoms with van der Waals surface area (Å²) in [6.45, 7) is 2.48. The Bertz CT molecular complexity index is 426. The highest BCUT2D eigenvalue weighted by Crippen LogP contribution is 2.13. The molecule has 116 valence electrons. The van der Waals surface area contributed by atoms with Gasteiger partial charge in [-0.3, -0.25) is 0 Å². The maximum atomic E-state index is 12.0. The average molecular weight is 305 g/mol. The molecule has 2 amide bonds. The number of carbonyl (C=O) groups is 1. The lowest BCUT2D eigenvalue weighted by Gasteiger charge is -2.32. The molecule has 0 aromatic rings. The summed E-state index contributed by atoms with van der Waals surface area (Å²) in [5.41, 5.74) is 0. The summed E-state index contributed by atoms with van der Waals surface area (Å²) in [6.07, 6.45) is 4.67. The number of urea groups is 1. The lowest BCUT2D eigenvalue weighted by atomic mass is 10.1. The molecule has 2 saturated heterocycles. The zero-order chi connectivity index (χ0) is 14.6. The van der Waals surface area contributed by atoms with Crippen molar-refractivity contribution in [3.8, 4) is 0 Å². The van der Waals surface area contributed by atoms with Crippen LogP contribution in [0, 0.1) is 0 Å². The van der Waals surface area contributed by atoms with E-state index in [2.05, 4.69) is 10.0 Å². The van der Waals surface area contributed by atoms with Gasteiger partial charge < -0.3 is 15.0 Å². The standard InChI is InChI=1S/C12H23N3O4S/c1-20(17,18)14-10-4-6-15(7-5-10)12(16)13-9-11-3-2-8-19-11/h10-11,14H,2-9H2,1H3,(H,13,16)/t11-/m1/s1. The van der Waals surface area contributed by atoms with Crippen molar-refractivity contribution in [1.29, 1.82) is 0 Å². The van der Waals surface area contributed by atoms with Crippen LogP contribution >= 0.6 is 0 Å². The highest BCUT2D eigenvalue weighted by molar-refractivity contribution is 7.88. The first kappa shape index (κ1) is 15.5. The second-order valence-corrected chi connectivity index (χ2v) is 7.25. The number of rotatable bonds is 4. The zero-order valence-corrected chi connectivity index (χ0v) is 12.6. The molecule has 2 aliphatic heterocycles.